The van der Waals surface area contributed by atoms with Crippen LogP contribution in [0.3, 0.4) is 0 Å². The average Bonchev–Trinajstić information content (AvgIpc) is 3.18. The maximum atomic E-state index is 12.9. The van der Waals surface area contributed by atoms with Crippen LogP contribution in [0.2, 0.25) is 5.02 Å². The van der Waals surface area contributed by atoms with Gasteiger partial charge in [-0.1, -0.05) is 28.9 Å². The van der Waals surface area contributed by atoms with E-state index < -0.39 is 22.3 Å². The van der Waals surface area contributed by atoms with Gasteiger partial charge in [0.2, 0.25) is 11.5 Å². The van der Waals surface area contributed by atoms with Crippen LogP contribution < -0.4 is 4.90 Å². The zero-order chi connectivity index (χ0) is 19.2. The molecule has 2 aliphatic rings. The molecule has 2 aromatic carbocycles. The van der Waals surface area contributed by atoms with E-state index in [9.17, 15) is 19.7 Å². The van der Waals surface area contributed by atoms with Gasteiger partial charge in [0.25, 0.3) is 11.6 Å². The van der Waals surface area contributed by atoms with Crippen LogP contribution in [0.15, 0.2) is 53.7 Å². The summed E-state index contributed by atoms with van der Waals surface area (Å²) in [6.45, 7) is 0. The second-order valence-corrected chi connectivity index (χ2v) is 6.73. The summed E-state index contributed by atoms with van der Waals surface area (Å²) in [7, 11) is 0. The van der Waals surface area contributed by atoms with E-state index in [0.29, 0.717) is 22.0 Å². The zero-order valence-electron chi connectivity index (χ0n) is 13.8. The van der Waals surface area contributed by atoms with E-state index in [1.807, 2.05) is 0 Å². The first-order valence-corrected chi connectivity index (χ1v) is 8.40. The molecular weight excluding hydrogens is 374 g/mol. The highest BCUT2D eigenvalue weighted by Gasteiger charge is 2.58. The van der Waals surface area contributed by atoms with Crippen molar-refractivity contribution in [2.45, 2.75) is 18.4 Å². The van der Waals surface area contributed by atoms with E-state index in [2.05, 4.69) is 5.16 Å². The predicted molar refractivity (Wildman–Crippen MR) is 96.6 cm³/mol. The minimum Gasteiger partial charge on any atom is -0.378 e. The van der Waals surface area contributed by atoms with Gasteiger partial charge in [-0.05, 0) is 24.3 Å². The Morgan fingerprint density at radius 2 is 1.89 bits per heavy atom. The van der Waals surface area contributed by atoms with Crippen molar-refractivity contribution in [3.05, 3.63) is 69.2 Å². The third kappa shape index (κ3) is 2.83. The summed E-state index contributed by atoms with van der Waals surface area (Å²) in [6, 6.07) is 12.2. The molecule has 1 atom stereocenters. The van der Waals surface area contributed by atoms with Crippen LogP contribution >= 0.6 is 11.6 Å². The standard InChI is InChI=1S/C18H12ClN3O5/c19-12-4-6-13(7-5-12)21-16(23)10-18(17(21)24)9-15(20-27-18)11-2-1-3-14(8-11)22(25)26/h1-8H,9-10H2/t18-/m0/s1. The summed E-state index contributed by atoms with van der Waals surface area (Å²) < 4.78 is 0. The van der Waals surface area contributed by atoms with Crippen molar-refractivity contribution >= 4 is 40.5 Å². The van der Waals surface area contributed by atoms with Crippen molar-refractivity contribution in [3.63, 3.8) is 0 Å². The summed E-state index contributed by atoms with van der Waals surface area (Å²) in [5.74, 6) is -0.920. The Bertz CT molecular complexity index is 1000. The van der Waals surface area contributed by atoms with Gasteiger partial charge in [-0.3, -0.25) is 19.7 Å². The highest BCUT2D eigenvalue weighted by Crippen LogP contribution is 2.39. The van der Waals surface area contributed by atoms with Gasteiger partial charge in [0.05, 0.1) is 22.7 Å². The van der Waals surface area contributed by atoms with Crippen molar-refractivity contribution in [2.24, 2.45) is 5.16 Å². The Kier molecular flexibility index (Phi) is 3.92. The molecule has 0 aliphatic carbocycles. The molecule has 0 aromatic heterocycles. The molecule has 9 heteroatoms. The second kappa shape index (κ2) is 6.17. The van der Waals surface area contributed by atoms with Gasteiger partial charge in [-0.15, -0.1) is 0 Å². The Labute approximate surface area is 158 Å². The molecule has 4 rings (SSSR count). The van der Waals surface area contributed by atoms with Crippen LogP contribution in [0.1, 0.15) is 18.4 Å². The maximum Gasteiger partial charge on any atom is 0.281 e. The zero-order valence-corrected chi connectivity index (χ0v) is 14.5. The van der Waals surface area contributed by atoms with Crippen LogP contribution in [0.25, 0.3) is 0 Å². The van der Waals surface area contributed by atoms with Gasteiger partial charge in [0.1, 0.15) is 0 Å². The highest BCUT2D eigenvalue weighted by atomic mass is 35.5. The fourth-order valence-electron chi connectivity index (χ4n) is 3.21. The van der Waals surface area contributed by atoms with Crippen LogP contribution in [0.5, 0.6) is 0 Å². The van der Waals surface area contributed by atoms with E-state index >= 15 is 0 Å². The molecule has 0 N–H and O–H groups in total. The van der Waals surface area contributed by atoms with Crippen LogP contribution in [-0.2, 0) is 14.4 Å². The number of amides is 2. The largest absolute Gasteiger partial charge is 0.378 e. The van der Waals surface area contributed by atoms with Crippen LogP contribution in [-0.4, -0.2) is 28.1 Å². The molecule has 2 heterocycles. The first-order valence-electron chi connectivity index (χ1n) is 8.02. The number of nitro groups is 1. The van der Waals surface area contributed by atoms with Gasteiger partial charge < -0.3 is 4.84 Å². The van der Waals surface area contributed by atoms with Gasteiger partial charge in [-0.2, -0.15) is 0 Å². The quantitative estimate of drug-likeness (QED) is 0.459. The fraction of sp³-hybridized carbons (Fsp3) is 0.167. The molecule has 8 nitrogen and oxygen atoms in total. The molecule has 1 saturated heterocycles. The molecule has 0 saturated carbocycles. The Morgan fingerprint density at radius 3 is 2.59 bits per heavy atom. The lowest BCUT2D eigenvalue weighted by molar-refractivity contribution is -0.384. The fourth-order valence-corrected chi connectivity index (χ4v) is 3.33. The molecule has 2 amide bonds. The first-order chi connectivity index (χ1) is 12.9. The summed E-state index contributed by atoms with van der Waals surface area (Å²) in [6.07, 6.45) is -0.0980. The van der Waals surface area contributed by atoms with Crippen molar-refractivity contribution < 1.29 is 19.3 Å². The molecule has 2 aromatic rings. The molecule has 1 fully saturated rings. The minimum atomic E-state index is -1.42. The number of rotatable bonds is 3. The number of nitro benzene ring substituents is 1. The normalized spacial score (nSPS) is 21.5. The lowest BCUT2D eigenvalue weighted by Crippen LogP contribution is -2.40. The maximum absolute atomic E-state index is 12.9. The topological polar surface area (TPSA) is 102 Å². The first kappa shape index (κ1) is 17.2. The molecule has 2 aliphatic heterocycles. The number of halogens is 1. The van der Waals surface area contributed by atoms with Crippen molar-refractivity contribution in [1.29, 1.82) is 0 Å². The Morgan fingerprint density at radius 1 is 1.15 bits per heavy atom. The second-order valence-electron chi connectivity index (χ2n) is 6.30. The molecule has 0 unspecified atom stereocenters. The van der Waals surface area contributed by atoms with Crippen molar-refractivity contribution in [2.75, 3.05) is 4.90 Å². The lowest BCUT2D eigenvalue weighted by atomic mass is 9.92. The average molecular weight is 386 g/mol. The number of carbonyl (C=O) groups is 2. The number of oxime groups is 1. The van der Waals surface area contributed by atoms with Gasteiger partial charge >= 0.3 is 0 Å². The molecule has 1 spiro atoms. The molecule has 0 radical (unpaired) electrons. The van der Waals surface area contributed by atoms with E-state index in [1.165, 1.54) is 18.2 Å². The van der Waals surface area contributed by atoms with E-state index in [0.717, 1.165) is 4.90 Å². The summed E-state index contributed by atoms with van der Waals surface area (Å²) in [5, 5.41) is 15.4. The Balaban J connectivity index is 1.60. The number of benzene rings is 2. The number of carbonyl (C=O) groups excluding carboxylic acids is 2. The summed E-state index contributed by atoms with van der Waals surface area (Å²) in [4.78, 5) is 42.3. The minimum absolute atomic E-state index is 0.0584. The van der Waals surface area contributed by atoms with E-state index in [1.54, 1.807) is 30.3 Å². The van der Waals surface area contributed by atoms with Gasteiger partial charge in [0.15, 0.2) is 0 Å². The number of hydrogen-bond acceptors (Lipinski definition) is 6. The Hall–Kier alpha value is -3.26. The molecule has 27 heavy (non-hydrogen) atoms. The highest BCUT2D eigenvalue weighted by molar-refractivity contribution is 6.31. The molecular formula is C18H12ClN3O5. The van der Waals surface area contributed by atoms with E-state index in [4.69, 9.17) is 16.4 Å². The smallest absolute Gasteiger partial charge is 0.281 e. The number of hydrogen-bond donors (Lipinski definition) is 0. The van der Waals surface area contributed by atoms with Crippen molar-refractivity contribution in [1.82, 2.24) is 0 Å². The van der Waals surface area contributed by atoms with Crippen LogP contribution in [0.4, 0.5) is 11.4 Å². The van der Waals surface area contributed by atoms with E-state index in [-0.39, 0.29) is 18.5 Å². The van der Waals surface area contributed by atoms with Crippen molar-refractivity contribution in [3.8, 4) is 0 Å². The SMILES string of the molecule is O=C1C[C@@]2(CC(c3cccc([N+](=O)[O-])c3)=NO2)C(=O)N1c1ccc(Cl)cc1. The number of nitrogens with zero attached hydrogens (tertiary/aromatic N) is 3. The summed E-state index contributed by atoms with van der Waals surface area (Å²) in [5.41, 5.74) is -0.244. The number of imide groups is 1. The number of non-ortho nitro benzene ring substituents is 1. The molecule has 136 valence electrons. The number of anilines is 1. The predicted octanol–water partition coefficient (Wildman–Crippen LogP) is 3.07. The lowest BCUT2D eigenvalue weighted by Gasteiger charge is -2.19. The van der Waals surface area contributed by atoms with Gasteiger partial charge in [-0.25, -0.2) is 4.90 Å². The van der Waals surface area contributed by atoms with Gasteiger partial charge in [0, 0.05) is 29.1 Å². The summed E-state index contributed by atoms with van der Waals surface area (Å²) >= 11 is 5.85. The third-order valence-electron chi connectivity index (χ3n) is 4.54. The third-order valence-corrected chi connectivity index (χ3v) is 4.79. The monoisotopic (exact) mass is 385 g/mol. The van der Waals surface area contributed by atoms with Crippen LogP contribution in [0, 0.1) is 10.1 Å². The molecule has 0 bridgehead atoms.